The fraction of sp³-hybridized carbons (Fsp3) is 0.538. The van der Waals surface area contributed by atoms with Crippen LogP contribution in [-0.2, 0) is 11.3 Å². The Kier molecular flexibility index (Phi) is 4.64. The van der Waals surface area contributed by atoms with E-state index in [1.54, 1.807) is 0 Å². The highest BCUT2D eigenvalue weighted by molar-refractivity contribution is 6.31. The van der Waals surface area contributed by atoms with E-state index in [9.17, 15) is 0 Å². The quantitative estimate of drug-likeness (QED) is 0.739. The molecule has 1 aromatic carbocycles. The van der Waals surface area contributed by atoms with Crippen LogP contribution in [0.2, 0.25) is 5.02 Å². The van der Waals surface area contributed by atoms with Crippen LogP contribution in [0.4, 0.5) is 0 Å². The van der Waals surface area contributed by atoms with Gasteiger partial charge >= 0.3 is 0 Å². The van der Waals surface area contributed by atoms with Crippen molar-refractivity contribution in [3.63, 3.8) is 0 Å². The van der Waals surface area contributed by atoms with E-state index >= 15 is 0 Å². The number of rotatable bonds is 7. The van der Waals surface area contributed by atoms with E-state index in [1.165, 1.54) is 12.8 Å². The van der Waals surface area contributed by atoms with E-state index < -0.39 is 0 Å². The first-order chi connectivity index (χ1) is 7.86. The Morgan fingerprint density at radius 1 is 1.31 bits per heavy atom. The normalized spacial score (nSPS) is 15.3. The second-order valence-corrected chi connectivity index (χ2v) is 4.63. The smallest absolute Gasteiger partial charge is 0.0731 e. The fourth-order valence-electron chi connectivity index (χ4n) is 1.57. The summed E-state index contributed by atoms with van der Waals surface area (Å²) in [7, 11) is 0. The summed E-state index contributed by atoms with van der Waals surface area (Å²) >= 11 is 6.02. The van der Waals surface area contributed by atoms with Crippen LogP contribution in [0.3, 0.4) is 0 Å². The van der Waals surface area contributed by atoms with Crippen molar-refractivity contribution in [3.8, 4) is 0 Å². The molecular weight excluding hydrogens is 222 g/mol. The first-order valence-electron chi connectivity index (χ1n) is 5.91. The molecule has 0 radical (unpaired) electrons. The largest absolute Gasteiger partial charge is 0.377 e. The van der Waals surface area contributed by atoms with Crippen LogP contribution in [0, 0.1) is 0 Å². The van der Waals surface area contributed by atoms with Gasteiger partial charge in [0.2, 0.25) is 0 Å². The highest BCUT2D eigenvalue weighted by atomic mass is 35.5. The van der Waals surface area contributed by atoms with Gasteiger partial charge in [0.05, 0.1) is 6.61 Å². The van der Waals surface area contributed by atoms with Crippen molar-refractivity contribution >= 4 is 11.6 Å². The van der Waals surface area contributed by atoms with Crippen molar-refractivity contribution < 1.29 is 4.74 Å². The van der Waals surface area contributed by atoms with Gasteiger partial charge in [-0.2, -0.15) is 0 Å². The monoisotopic (exact) mass is 239 g/mol. The highest BCUT2D eigenvalue weighted by Crippen LogP contribution is 2.18. The molecule has 1 N–H and O–H groups in total. The van der Waals surface area contributed by atoms with Gasteiger partial charge in [0, 0.05) is 17.7 Å². The summed E-state index contributed by atoms with van der Waals surface area (Å²) in [4.78, 5) is 0. The topological polar surface area (TPSA) is 21.3 Å². The van der Waals surface area contributed by atoms with Crippen LogP contribution in [0.5, 0.6) is 0 Å². The summed E-state index contributed by atoms with van der Waals surface area (Å²) in [5, 5.41) is 4.25. The zero-order chi connectivity index (χ0) is 11.2. The third kappa shape index (κ3) is 4.12. The van der Waals surface area contributed by atoms with Gasteiger partial charge in [-0.3, -0.25) is 0 Å². The van der Waals surface area contributed by atoms with Gasteiger partial charge in [-0.05, 0) is 37.4 Å². The molecule has 0 amide bonds. The number of hydrogen-bond acceptors (Lipinski definition) is 2. The molecule has 0 saturated heterocycles. The van der Waals surface area contributed by atoms with Gasteiger partial charge < -0.3 is 10.1 Å². The Labute approximate surface area is 102 Å². The Balaban J connectivity index is 1.55. The minimum Gasteiger partial charge on any atom is -0.377 e. The number of benzene rings is 1. The zero-order valence-electron chi connectivity index (χ0n) is 9.42. The van der Waals surface area contributed by atoms with Gasteiger partial charge in [0.1, 0.15) is 0 Å². The molecule has 0 spiro atoms. The number of ether oxygens (including phenoxy) is 1. The molecule has 88 valence electrons. The minimum absolute atomic E-state index is 0.614. The molecule has 1 aliphatic carbocycles. The molecule has 1 saturated carbocycles. The van der Waals surface area contributed by atoms with E-state index in [4.69, 9.17) is 16.3 Å². The van der Waals surface area contributed by atoms with Crippen molar-refractivity contribution in [2.24, 2.45) is 0 Å². The first-order valence-corrected chi connectivity index (χ1v) is 6.28. The van der Waals surface area contributed by atoms with Crippen molar-refractivity contribution in [1.29, 1.82) is 0 Å². The van der Waals surface area contributed by atoms with E-state index in [0.717, 1.165) is 36.2 Å². The lowest BCUT2D eigenvalue weighted by atomic mass is 10.2. The van der Waals surface area contributed by atoms with Gasteiger partial charge in [0.25, 0.3) is 0 Å². The molecule has 1 aromatic rings. The minimum atomic E-state index is 0.614. The lowest BCUT2D eigenvalue weighted by Gasteiger charge is -2.06. The van der Waals surface area contributed by atoms with Gasteiger partial charge in [-0.25, -0.2) is 0 Å². The second-order valence-electron chi connectivity index (χ2n) is 4.23. The predicted octanol–water partition coefficient (Wildman–Crippen LogP) is 3.00. The molecule has 0 atom stereocenters. The lowest BCUT2D eigenvalue weighted by Crippen LogP contribution is -2.18. The molecular formula is C13H18ClNO. The van der Waals surface area contributed by atoms with E-state index in [-0.39, 0.29) is 0 Å². The Morgan fingerprint density at radius 3 is 2.88 bits per heavy atom. The highest BCUT2D eigenvalue weighted by Gasteiger charge is 2.19. The predicted molar refractivity (Wildman–Crippen MR) is 66.7 cm³/mol. The molecule has 0 aromatic heterocycles. The third-order valence-corrected chi connectivity index (χ3v) is 3.06. The molecule has 2 rings (SSSR count). The van der Waals surface area contributed by atoms with Crippen LogP contribution in [0.25, 0.3) is 0 Å². The summed E-state index contributed by atoms with van der Waals surface area (Å²) in [6, 6.07) is 8.62. The molecule has 16 heavy (non-hydrogen) atoms. The zero-order valence-corrected chi connectivity index (χ0v) is 10.2. The standard InChI is InChI=1S/C13H18ClNO/c14-13-5-2-1-4-11(13)10-16-9-3-8-15-12-6-7-12/h1-2,4-5,12,15H,3,6-10H2. The van der Waals surface area contributed by atoms with Crippen molar-refractivity contribution in [3.05, 3.63) is 34.9 Å². The van der Waals surface area contributed by atoms with Crippen LogP contribution in [0.15, 0.2) is 24.3 Å². The molecule has 0 unspecified atom stereocenters. The lowest BCUT2D eigenvalue weighted by molar-refractivity contribution is 0.118. The maximum Gasteiger partial charge on any atom is 0.0731 e. The van der Waals surface area contributed by atoms with Crippen LogP contribution >= 0.6 is 11.6 Å². The van der Waals surface area contributed by atoms with E-state index in [0.29, 0.717) is 6.61 Å². The summed E-state index contributed by atoms with van der Waals surface area (Å²) < 4.78 is 5.58. The molecule has 0 heterocycles. The van der Waals surface area contributed by atoms with Crippen molar-refractivity contribution in [1.82, 2.24) is 5.32 Å². The first kappa shape index (κ1) is 11.9. The maximum atomic E-state index is 6.02. The van der Waals surface area contributed by atoms with E-state index in [1.807, 2.05) is 24.3 Å². The van der Waals surface area contributed by atoms with Crippen molar-refractivity contribution in [2.45, 2.75) is 31.9 Å². The maximum absolute atomic E-state index is 6.02. The summed E-state index contributed by atoms with van der Waals surface area (Å²) in [5.41, 5.74) is 1.07. The molecule has 0 aliphatic heterocycles. The van der Waals surface area contributed by atoms with Crippen LogP contribution < -0.4 is 5.32 Å². The number of hydrogen-bond donors (Lipinski definition) is 1. The van der Waals surface area contributed by atoms with Crippen molar-refractivity contribution in [2.75, 3.05) is 13.2 Å². The summed E-state index contributed by atoms with van der Waals surface area (Å²) in [6.45, 7) is 2.47. The van der Waals surface area contributed by atoms with Crippen LogP contribution in [-0.4, -0.2) is 19.2 Å². The van der Waals surface area contributed by atoms with E-state index in [2.05, 4.69) is 5.32 Å². The summed E-state index contributed by atoms with van der Waals surface area (Å²) in [5.74, 6) is 0. The Hall–Kier alpha value is -0.570. The average Bonchev–Trinajstić information content (AvgIpc) is 3.09. The second kappa shape index (κ2) is 6.24. The van der Waals surface area contributed by atoms with Gasteiger partial charge in [-0.15, -0.1) is 0 Å². The fourth-order valence-corrected chi connectivity index (χ4v) is 1.76. The SMILES string of the molecule is Clc1ccccc1COCCCNC1CC1. The van der Waals surface area contributed by atoms with Crippen LogP contribution in [0.1, 0.15) is 24.8 Å². The Bertz CT molecular complexity index is 325. The molecule has 0 bridgehead atoms. The molecule has 2 nitrogen and oxygen atoms in total. The number of halogens is 1. The Morgan fingerprint density at radius 2 is 2.12 bits per heavy atom. The number of nitrogens with one attached hydrogen (secondary N) is 1. The average molecular weight is 240 g/mol. The molecule has 3 heteroatoms. The van der Waals surface area contributed by atoms with Gasteiger partial charge in [-0.1, -0.05) is 29.8 Å². The molecule has 1 fully saturated rings. The van der Waals surface area contributed by atoms with Gasteiger partial charge in [0.15, 0.2) is 0 Å². The summed E-state index contributed by atoms with van der Waals surface area (Å²) in [6.07, 6.45) is 3.77. The molecule has 1 aliphatic rings. The third-order valence-electron chi connectivity index (χ3n) is 2.69.